The van der Waals surface area contributed by atoms with Gasteiger partial charge in [-0.05, 0) is 57.0 Å². The van der Waals surface area contributed by atoms with Crippen LogP contribution in [-0.2, 0) is 45.1 Å². The van der Waals surface area contributed by atoms with Crippen LogP contribution in [0, 0.1) is 3.57 Å². The number of methoxy groups -OCH3 is 1. The van der Waals surface area contributed by atoms with Gasteiger partial charge in [-0.2, -0.15) is 0 Å². The highest BCUT2D eigenvalue weighted by atomic mass is 127. The maximum Gasteiger partial charge on any atom is 0.411 e. The molecule has 0 aromatic heterocycles. The average Bonchev–Trinajstić information content (AvgIpc) is 2.90. The van der Waals surface area contributed by atoms with Crippen LogP contribution in [0.25, 0.3) is 0 Å². The van der Waals surface area contributed by atoms with E-state index in [-0.39, 0.29) is 19.6 Å². The summed E-state index contributed by atoms with van der Waals surface area (Å²) in [5.74, 6) is -0.973. The van der Waals surface area contributed by atoms with Gasteiger partial charge in [0.2, 0.25) is 5.91 Å². The van der Waals surface area contributed by atoms with E-state index in [1.165, 1.54) is 12.0 Å². The summed E-state index contributed by atoms with van der Waals surface area (Å²) in [5.41, 5.74) is 3.69. The summed E-state index contributed by atoms with van der Waals surface area (Å²) in [7, 11) is 1.29. The largest absolute Gasteiger partial charge is 0.467 e. The number of nitrogens with zero attached hydrogens (tertiary/aromatic N) is 1. The number of hydrogen-bond donors (Lipinski definition) is 1. The Morgan fingerprint density at radius 3 is 2.39 bits per heavy atom. The normalized spacial score (nSPS) is 15.4. The van der Waals surface area contributed by atoms with Crippen LogP contribution in [0.3, 0.4) is 0 Å². The number of amides is 2. The topological polar surface area (TPSA) is 84.9 Å². The Hall–Kier alpha value is -3.40. The fourth-order valence-corrected chi connectivity index (χ4v) is 4.86. The summed E-state index contributed by atoms with van der Waals surface area (Å²) in [6.07, 6.45) is 0.0112. The molecule has 1 N–H and O–H groups in total. The van der Waals surface area contributed by atoms with Gasteiger partial charge in [0.15, 0.2) is 0 Å². The standard InChI is InChI=1S/C28H27IN2O5/c1-35-27(33)24(15-20-10-7-13-23(29)14-20)30-26(32)25-16-21-11-5-6-12-22(21)17-31(25)28(34)36-18-19-8-3-2-4-9-19/h2-14,24-25H,15-18H2,1H3,(H,30,32)/t24-,25-/m0/s1. The fraction of sp³-hybridized carbons (Fsp3) is 0.250. The molecule has 1 aliphatic rings. The van der Waals surface area contributed by atoms with Crippen molar-refractivity contribution in [3.05, 3.63) is 105 Å². The summed E-state index contributed by atoms with van der Waals surface area (Å²) in [4.78, 5) is 40.6. The Kier molecular flexibility index (Phi) is 8.58. The van der Waals surface area contributed by atoms with Crippen molar-refractivity contribution in [3.8, 4) is 0 Å². The lowest BCUT2D eigenvalue weighted by Crippen LogP contribution is -2.56. The zero-order chi connectivity index (χ0) is 25.5. The van der Waals surface area contributed by atoms with Gasteiger partial charge in [-0.15, -0.1) is 0 Å². The van der Waals surface area contributed by atoms with E-state index in [2.05, 4.69) is 27.9 Å². The van der Waals surface area contributed by atoms with Crippen LogP contribution in [0.5, 0.6) is 0 Å². The lowest BCUT2D eigenvalue weighted by atomic mass is 9.93. The van der Waals surface area contributed by atoms with Crippen LogP contribution < -0.4 is 5.32 Å². The molecule has 0 saturated heterocycles. The molecule has 36 heavy (non-hydrogen) atoms. The lowest BCUT2D eigenvalue weighted by Gasteiger charge is -2.35. The van der Waals surface area contributed by atoms with Crippen LogP contribution >= 0.6 is 22.6 Å². The smallest absolute Gasteiger partial charge is 0.411 e. The van der Waals surface area contributed by atoms with Gasteiger partial charge in [0.25, 0.3) is 0 Å². The molecule has 3 aromatic carbocycles. The molecule has 0 bridgehead atoms. The SMILES string of the molecule is COC(=O)[C@H](Cc1cccc(I)c1)NC(=O)[C@@H]1Cc2ccccc2CN1C(=O)OCc1ccccc1. The quantitative estimate of drug-likeness (QED) is 0.325. The number of carbonyl (C=O) groups excluding carboxylic acids is 3. The van der Waals surface area contributed by atoms with Crippen LogP contribution in [-0.4, -0.2) is 42.1 Å². The second kappa shape index (κ2) is 12.0. The highest BCUT2D eigenvalue weighted by Gasteiger charge is 2.37. The number of fused-ring (bicyclic) bond motifs is 1. The lowest BCUT2D eigenvalue weighted by molar-refractivity contribution is -0.145. The Bertz CT molecular complexity index is 1230. The minimum atomic E-state index is -0.889. The van der Waals surface area contributed by atoms with Crippen LogP contribution in [0.1, 0.15) is 22.3 Å². The highest BCUT2D eigenvalue weighted by molar-refractivity contribution is 14.1. The van der Waals surface area contributed by atoms with E-state index in [1.807, 2.05) is 78.9 Å². The van der Waals surface area contributed by atoms with Crippen molar-refractivity contribution >= 4 is 40.6 Å². The Balaban J connectivity index is 1.53. The molecule has 0 saturated carbocycles. The number of esters is 1. The number of rotatable bonds is 7. The first-order valence-corrected chi connectivity index (χ1v) is 12.7. The first kappa shape index (κ1) is 25.7. The molecule has 0 unspecified atom stereocenters. The Morgan fingerprint density at radius 1 is 0.972 bits per heavy atom. The van der Waals surface area contributed by atoms with Crippen molar-refractivity contribution in [2.45, 2.75) is 38.1 Å². The second-order valence-electron chi connectivity index (χ2n) is 8.58. The van der Waals surface area contributed by atoms with Crippen molar-refractivity contribution < 1.29 is 23.9 Å². The van der Waals surface area contributed by atoms with E-state index in [9.17, 15) is 14.4 Å². The average molecular weight is 598 g/mol. The van der Waals surface area contributed by atoms with Gasteiger partial charge in [-0.25, -0.2) is 9.59 Å². The summed E-state index contributed by atoms with van der Waals surface area (Å²) >= 11 is 2.20. The predicted molar refractivity (Wildman–Crippen MR) is 143 cm³/mol. The summed E-state index contributed by atoms with van der Waals surface area (Å²) < 4.78 is 11.5. The molecule has 7 nitrogen and oxygen atoms in total. The summed E-state index contributed by atoms with van der Waals surface area (Å²) in [6.45, 7) is 0.339. The van der Waals surface area contributed by atoms with E-state index in [0.717, 1.165) is 25.8 Å². The van der Waals surface area contributed by atoms with Gasteiger partial charge in [-0.3, -0.25) is 9.69 Å². The third-order valence-corrected chi connectivity index (χ3v) is 6.79. The molecule has 0 aliphatic carbocycles. The number of hydrogen-bond acceptors (Lipinski definition) is 5. The second-order valence-corrected chi connectivity index (χ2v) is 9.82. The number of nitrogens with one attached hydrogen (secondary N) is 1. The van der Waals surface area contributed by atoms with Crippen LogP contribution in [0.4, 0.5) is 4.79 Å². The van der Waals surface area contributed by atoms with Gasteiger partial charge in [-0.1, -0.05) is 66.7 Å². The summed E-state index contributed by atoms with van der Waals surface area (Å²) in [6, 6.07) is 23.1. The van der Waals surface area contributed by atoms with Crippen molar-refractivity contribution in [2.24, 2.45) is 0 Å². The van der Waals surface area contributed by atoms with E-state index >= 15 is 0 Å². The maximum absolute atomic E-state index is 13.5. The molecular weight excluding hydrogens is 571 g/mol. The zero-order valence-corrected chi connectivity index (χ0v) is 22.0. The molecule has 0 radical (unpaired) electrons. The first-order chi connectivity index (χ1) is 17.4. The molecule has 2 atom stereocenters. The van der Waals surface area contributed by atoms with Gasteiger partial charge >= 0.3 is 12.1 Å². The zero-order valence-electron chi connectivity index (χ0n) is 19.9. The molecule has 8 heteroatoms. The third kappa shape index (κ3) is 6.42. The number of benzene rings is 3. The van der Waals surface area contributed by atoms with Crippen LogP contribution in [0.2, 0.25) is 0 Å². The number of halogens is 1. The number of carbonyl (C=O) groups is 3. The van der Waals surface area contributed by atoms with Gasteiger partial charge in [0, 0.05) is 16.4 Å². The molecule has 3 aromatic rings. The molecule has 0 fully saturated rings. The number of ether oxygens (including phenoxy) is 2. The van der Waals surface area contributed by atoms with Crippen LogP contribution in [0.15, 0.2) is 78.9 Å². The molecule has 1 aliphatic heterocycles. The van der Waals surface area contributed by atoms with Gasteiger partial charge in [0.05, 0.1) is 13.7 Å². The predicted octanol–water partition coefficient (Wildman–Crippen LogP) is 4.26. The van der Waals surface area contributed by atoms with E-state index < -0.39 is 30.1 Å². The van der Waals surface area contributed by atoms with Gasteiger partial charge in [0.1, 0.15) is 18.7 Å². The van der Waals surface area contributed by atoms with Crippen molar-refractivity contribution in [1.82, 2.24) is 10.2 Å². The maximum atomic E-state index is 13.5. The van der Waals surface area contributed by atoms with Gasteiger partial charge < -0.3 is 14.8 Å². The van der Waals surface area contributed by atoms with Crippen molar-refractivity contribution in [2.75, 3.05) is 7.11 Å². The van der Waals surface area contributed by atoms with E-state index in [0.29, 0.717) is 6.42 Å². The summed E-state index contributed by atoms with van der Waals surface area (Å²) in [5, 5.41) is 2.83. The fourth-order valence-electron chi connectivity index (χ4n) is 4.25. The minimum Gasteiger partial charge on any atom is -0.467 e. The monoisotopic (exact) mass is 598 g/mol. The third-order valence-electron chi connectivity index (χ3n) is 6.12. The first-order valence-electron chi connectivity index (χ1n) is 11.6. The van der Waals surface area contributed by atoms with Crippen molar-refractivity contribution in [1.29, 1.82) is 0 Å². The Morgan fingerprint density at radius 2 is 1.67 bits per heavy atom. The Labute approximate surface area is 223 Å². The molecule has 186 valence electrons. The van der Waals surface area contributed by atoms with E-state index in [1.54, 1.807) is 0 Å². The molecule has 0 spiro atoms. The highest BCUT2D eigenvalue weighted by Crippen LogP contribution is 2.25. The minimum absolute atomic E-state index is 0.101. The van der Waals surface area contributed by atoms with E-state index in [4.69, 9.17) is 9.47 Å². The molecule has 2 amide bonds. The van der Waals surface area contributed by atoms with Crippen molar-refractivity contribution in [3.63, 3.8) is 0 Å². The molecular formula is C28H27IN2O5. The molecule has 4 rings (SSSR count). The molecule has 1 heterocycles.